The Hall–Kier alpha value is -1.38. The molecule has 1 saturated carbocycles. The quantitative estimate of drug-likeness (QED) is 0.751. The lowest BCUT2D eigenvalue weighted by Gasteiger charge is -2.33. The van der Waals surface area contributed by atoms with E-state index >= 15 is 0 Å². The zero-order chi connectivity index (χ0) is 12.3. The molecule has 1 aromatic heterocycles. The summed E-state index contributed by atoms with van der Waals surface area (Å²) < 4.78 is 0. The van der Waals surface area contributed by atoms with Gasteiger partial charge in [0.05, 0.1) is 0 Å². The van der Waals surface area contributed by atoms with Crippen molar-refractivity contribution in [2.24, 2.45) is 0 Å². The Morgan fingerprint density at radius 1 is 1.35 bits per heavy atom. The molecule has 0 aromatic carbocycles. The predicted molar refractivity (Wildman–Crippen MR) is 69.6 cm³/mol. The van der Waals surface area contributed by atoms with E-state index in [1.165, 1.54) is 32.1 Å². The van der Waals surface area contributed by atoms with Crippen LogP contribution < -0.4 is 4.90 Å². The highest BCUT2D eigenvalue weighted by Gasteiger charge is 2.20. The van der Waals surface area contributed by atoms with Gasteiger partial charge in [-0.1, -0.05) is 19.3 Å². The van der Waals surface area contributed by atoms with Crippen molar-refractivity contribution < 1.29 is 4.79 Å². The summed E-state index contributed by atoms with van der Waals surface area (Å²) in [5, 5.41) is 0. The second-order valence-electron chi connectivity index (χ2n) is 4.93. The summed E-state index contributed by atoms with van der Waals surface area (Å²) >= 11 is 0. The number of aromatic nitrogens is 1. The van der Waals surface area contributed by atoms with Crippen LogP contribution >= 0.6 is 0 Å². The molecule has 0 bridgehead atoms. The fraction of sp³-hybridized carbons (Fsp3) is 0.571. The summed E-state index contributed by atoms with van der Waals surface area (Å²) in [6.07, 6.45) is 9.03. The number of carbonyl (C=O) groups excluding carboxylic acids is 1. The molecule has 0 atom stereocenters. The highest BCUT2D eigenvalue weighted by molar-refractivity contribution is 5.75. The van der Waals surface area contributed by atoms with Crippen molar-refractivity contribution in [2.45, 2.75) is 45.1 Å². The zero-order valence-corrected chi connectivity index (χ0v) is 10.6. The van der Waals surface area contributed by atoms with Gasteiger partial charge in [-0.05, 0) is 31.4 Å². The summed E-state index contributed by atoms with van der Waals surface area (Å²) in [6, 6.07) is 2.52. The summed E-state index contributed by atoms with van der Waals surface area (Å²) in [7, 11) is 2.12. The lowest BCUT2D eigenvalue weighted by atomic mass is 9.94. The smallest absolute Gasteiger partial charge is 0.151 e. The van der Waals surface area contributed by atoms with Gasteiger partial charge in [-0.2, -0.15) is 0 Å². The number of anilines is 1. The molecule has 0 spiro atoms. The van der Waals surface area contributed by atoms with Crippen molar-refractivity contribution >= 4 is 12.1 Å². The Kier molecular flexibility index (Phi) is 3.77. The minimum absolute atomic E-state index is 0.608. The van der Waals surface area contributed by atoms with Gasteiger partial charge < -0.3 is 4.90 Å². The molecule has 1 aliphatic carbocycles. The average Bonchev–Trinajstić information content (AvgIpc) is 2.39. The second kappa shape index (κ2) is 5.30. The van der Waals surface area contributed by atoms with Crippen LogP contribution in [0, 0.1) is 6.92 Å². The molecular weight excluding hydrogens is 212 g/mol. The third-order valence-electron chi connectivity index (χ3n) is 3.66. The summed E-state index contributed by atoms with van der Waals surface area (Å²) in [4.78, 5) is 17.4. The van der Waals surface area contributed by atoms with E-state index in [2.05, 4.69) is 16.9 Å². The Bertz CT molecular complexity index is 397. The SMILES string of the molecule is Cc1cc(C=O)cnc1N(C)C1CCCCC1. The van der Waals surface area contributed by atoms with E-state index < -0.39 is 0 Å². The van der Waals surface area contributed by atoms with E-state index in [1.54, 1.807) is 6.20 Å². The van der Waals surface area contributed by atoms with Crippen LogP contribution in [0.5, 0.6) is 0 Å². The van der Waals surface area contributed by atoms with Crippen LogP contribution in [0.2, 0.25) is 0 Å². The summed E-state index contributed by atoms with van der Waals surface area (Å²) in [5.74, 6) is 1.02. The number of nitrogens with zero attached hydrogens (tertiary/aromatic N) is 2. The van der Waals surface area contributed by atoms with E-state index in [-0.39, 0.29) is 0 Å². The fourth-order valence-corrected chi connectivity index (χ4v) is 2.66. The first kappa shape index (κ1) is 12.1. The molecule has 0 unspecified atom stereocenters. The number of rotatable bonds is 3. The zero-order valence-electron chi connectivity index (χ0n) is 10.6. The van der Waals surface area contributed by atoms with Crippen LogP contribution in [0.4, 0.5) is 5.82 Å². The van der Waals surface area contributed by atoms with E-state index in [0.29, 0.717) is 11.6 Å². The fourth-order valence-electron chi connectivity index (χ4n) is 2.66. The lowest BCUT2D eigenvalue weighted by Crippen LogP contribution is -2.34. The van der Waals surface area contributed by atoms with E-state index in [9.17, 15) is 4.79 Å². The minimum atomic E-state index is 0.608. The highest BCUT2D eigenvalue weighted by Crippen LogP contribution is 2.26. The van der Waals surface area contributed by atoms with Crippen molar-refractivity contribution in [3.63, 3.8) is 0 Å². The van der Waals surface area contributed by atoms with Crippen LogP contribution in [0.1, 0.15) is 48.0 Å². The van der Waals surface area contributed by atoms with Crippen molar-refractivity contribution in [1.29, 1.82) is 0 Å². The first-order chi connectivity index (χ1) is 8.22. The maximum atomic E-state index is 10.7. The van der Waals surface area contributed by atoms with Gasteiger partial charge in [0.15, 0.2) is 6.29 Å². The highest BCUT2D eigenvalue weighted by atomic mass is 16.1. The molecular formula is C14H20N2O. The van der Waals surface area contributed by atoms with Crippen molar-refractivity contribution in [3.8, 4) is 0 Å². The van der Waals surface area contributed by atoms with Crippen LogP contribution in [-0.4, -0.2) is 24.4 Å². The number of hydrogen-bond acceptors (Lipinski definition) is 3. The normalized spacial score (nSPS) is 16.8. The number of carbonyl (C=O) groups is 1. The van der Waals surface area contributed by atoms with Crippen molar-refractivity contribution in [3.05, 3.63) is 23.4 Å². The van der Waals surface area contributed by atoms with E-state index in [0.717, 1.165) is 17.7 Å². The van der Waals surface area contributed by atoms with Gasteiger partial charge >= 0.3 is 0 Å². The molecule has 0 amide bonds. The van der Waals surface area contributed by atoms with Crippen LogP contribution in [0.3, 0.4) is 0 Å². The maximum absolute atomic E-state index is 10.7. The third-order valence-corrected chi connectivity index (χ3v) is 3.66. The molecule has 1 heterocycles. The maximum Gasteiger partial charge on any atom is 0.151 e. The predicted octanol–water partition coefficient (Wildman–Crippen LogP) is 2.97. The number of aryl methyl sites for hydroxylation is 1. The molecule has 0 saturated heterocycles. The summed E-state index contributed by atoms with van der Waals surface area (Å²) in [6.45, 7) is 2.02. The van der Waals surface area contributed by atoms with Crippen molar-refractivity contribution in [1.82, 2.24) is 4.98 Å². The first-order valence-electron chi connectivity index (χ1n) is 6.37. The van der Waals surface area contributed by atoms with Crippen LogP contribution in [0.25, 0.3) is 0 Å². The van der Waals surface area contributed by atoms with Gasteiger partial charge in [0.2, 0.25) is 0 Å². The van der Waals surface area contributed by atoms with Crippen LogP contribution in [0.15, 0.2) is 12.3 Å². The monoisotopic (exact) mass is 232 g/mol. The Morgan fingerprint density at radius 2 is 2.06 bits per heavy atom. The molecule has 92 valence electrons. The Balaban J connectivity index is 2.17. The summed E-state index contributed by atoms with van der Waals surface area (Å²) in [5.41, 5.74) is 1.74. The molecule has 3 nitrogen and oxygen atoms in total. The Morgan fingerprint density at radius 3 is 2.65 bits per heavy atom. The molecule has 1 aliphatic rings. The molecule has 0 aliphatic heterocycles. The second-order valence-corrected chi connectivity index (χ2v) is 4.93. The van der Waals surface area contributed by atoms with Gasteiger partial charge in [-0.25, -0.2) is 4.98 Å². The minimum Gasteiger partial charge on any atom is -0.356 e. The molecule has 17 heavy (non-hydrogen) atoms. The first-order valence-corrected chi connectivity index (χ1v) is 6.37. The molecule has 2 rings (SSSR count). The molecule has 0 N–H and O–H groups in total. The lowest BCUT2D eigenvalue weighted by molar-refractivity contribution is 0.112. The topological polar surface area (TPSA) is 33.2 Å². The van der Waals surface area contributed by atoms with Gasteiger partial charge in [0.1, 0.15) is 5.82 Å². The van der Waals surface area contributed by atoms with E-state index in [1.807, 2.05) is 13.0 Å². The van der Waals surface area contributed by atoms with E-state index in [4.69, 9.17) is 0 Å². The molecule has 1 fully saturated rings. The number of pyridine rings is 1. The third kappa shape index (κ3) is 2.65. The average molecular weight is 232 g/mol. The molecule has 0 radical (unpaired) electrons. The Labute approximate surface area is 103 Å². The number of hydrogen-bond donors (Lipinski definition) is 0. The number of aldehydes is 1. The molecule has 1 aromatic rings. The van der Waals surface area contributed by atoms with Gasteiger partial charge in [-0.3, -0.25) is 4.79 Å². The van der Waals surface area contributed by atoms with Crippen molar-refractivity contribution in [2.75, 3.05) is 11.9 Å². The molecule has 3 heteroatoms. The van der Waals surface area contributed by atoms with Gasteiger partial charge in [0.25, 0.3) is 0 Å². The van der Waals surface area contributed by atoms with Gasteiger partial charge in [0, 0.05) is 24.8 Å². The van der Waals surface area contributed by atoms with Gasteiger partial charge in [-0.15, -0.1) is 0 Å². The standard InChI is InChI=1S/C14H20N2O/c1-11-8-12(10-17)9-15-14(11)16(2)13-6-4-3-5-7-13/h8-10,13H,3-7H2,1-2H3. The van der Waals surface area contributed by atoms with Crippen LogP contribution in [-0.2, 0) is 0 Å². The largest absolute Gasteiger partial charge is 0.356 e.